The van der Waals surface area contributed by atoms with E-state index in [9.17, 15) is 0 Å². The SMILES string of the molecule is CNCc1cncc(-c2cnnn2C)c1. The summed E-state index contributed by atoms with van der Waals surface area (Å²) in [5.41, 5.74) is 3.16. The maximum absolute atomic E-state index is 4.19. The molecule has 0 amide bonds. The fourth-order valence-electron chi connectivity index (χ4n) is 1.48. The molecule has 0 unspecified atom stereocenters. The Morgan fingerprint density at radius 3 is 2.87 bits per heavy atom. The van der Waals surface area contributed by atoms with Crippen LogP contribution in [0.2, 0.25) is 0 Å². The summed E-state index contributed by atoms with van der Waals surface area (Å²) in [5, 5.41) is 10.8. The molecule has 0 spiro atoms. The minimum Gasteiger partial charge on any atom is -0.316 e. The van der Waals surface area contributed by atoms with E-state index in [2.05, 4.69) is 26.7 Å². The molecule has 0 aliphatic carbocycles. The van der Waals surface area contributed by atoms with Crippen LogP contribution >= 0.6 is 0 Å². The molecule has 0 fully saturated rings. The van der Waals surface area contributed by atoms with Crippen molar-refractivity contribution in [1.29, 1.82) is 0 Å². The van der Waals surface area contributed by atoms with Crippen molar-refractivity contribution >= 4 is 0 Å². The minimum absolute atomic E-state index is 0.812. The molecule has 0 aliphatic heterocycles. The van der Waals surface area contributed by atoms with E-state index in [4.69, 9.17) is 0 Å². The van der Waals surface area contributed by atoms with Gasteiger partial charge >= 0.3 is 0 Å². The lowest BCUT2D eigenvalue weighted by atomic mass is 10.1. The number of aryl methyl sites for hydroxylation is 1. The van der Waals surface area contributed by atoms with Crippen LogP contribution in [-0.2, 0) is 13.6 Å². The number of nitrogens with zero attached hydrogens (tertiary/aromatic N) is 4. The minimum atomic E-state index is 0.812. The smallest absolute Gasteiger partial charge is 0.0897 e. The molecule has 1 N–H and O–H groups in total. The largest absolute Gasteiger partial charge is 0.316 e. The zero-order valence-electron chi connectivity index (χ0n) is 8.81. The van der Waals surface area contributed by atoms with E-state index in [1.54, 1.807) is 10.9 Å². The van der Waals surface area contributed by atoms with Crippen LogP contribution in [0.4, 0.5) is 0 Å². The monoisotopic (exact) mass is 203 g/mol. The van der Waals surface area contributed by atoms with Crippen LogP contribution in [0.15, 0.2) is 24.7 Å². The predicted octanol–water partition coefficient (Wildman–Crippen LogP) is 0.596. The number of rotatable bonds is 3. The topological polar surface area (TPSA) is 55.6 Å². The first-order valence-electron chi connectivity index (χ1n) is 4.75. The van der Waals surface area contributed by atoms with Crippen molar-refractivity contribution < 1.29 is 0 Å². The highest BCUT2D eigenvalue weighted by Gasteiger charge is 2.04. The van der Waals surface area contributed by atoms with Crippen LogP contribution in [0.1, 0.15) is 5.56 Å². The molecule has 5 heteroatoms. The zero-order chi connectivity index (χ0) is 10.7. The van der Waals surface area contributed by atoms with Gasteiger partial charge in [-0.25, -0.2) is 4.68 Å². The van der Waals surface area contributed by atoms with Gasteiger partial charge in [-0.05, 0) is 18.7 Å². The van der Waals surface area contributed by atoms with Crippen molar-refractivity contribution in [3.8, 4) is 11.3 Å². The van der Waals surface area contributed by atoms with E-state index in [1.807, 2.05) is 26.5 Å². The number of nitrogens with one attached hydrogen (secondary N) is 1. The summed E-state index contributed by atoms with van der Waals surface area (Å²) in [4.78, 5) is 4.19. The van der Waals surface area contributed by atoms with E-state index >= 15 is 0 Å². The molecule has 2 aromatic heterocycles. The molecule has 0 radical (unpaired) electrons. The summed E-state index contributed by atoms with van der Waals surface area (Å²) >= 11 is 0. The first-order valence-corrected chi connectivity index (χ1v) is 4.75. The highest BCUT2D eigenvalue weighted by atomic mass is 15.4. The fraction of sp³-hybridized carbons (Fsp3) is 0.300. The molecule has 2 rings (SSSR count). The number of hydrogen-bond acceptors (Lipinski definition) is 4. The van der Waals surface area contributed by atoms with Gasteiger partial charge in [-0.3, -0.25) is 4.98 Å². The van der Waals surface area contributed by atoms with E-state index in [1.165, 1.54) is 0 Å². The summed E-state index contributed by atoms with van der Waals surface area (Å²) in [6, 6.07) is 2.09. The Kier molecular flexibility index (Phi) is 2.73. The third-order valence-corrected chi connectivity index (χ3v) is 2.19. The molecule has 0 atom stereocenters. The Labute approximate surface area is 88.1 Å². The maximum Gasteiger partial charge on any atom is 0.0897 e. The van der Waals surface area contributed by atoms with Crippen molar-refractivity contribution in [3.63, 3.8) is 0 Å². The van der Waals surface area contributed by atoms with Gasteiger partial charge in [0.25, 0.3) is 0 Å². The van der Waals surface area contributed by atoms with Crippen LogP contribution < -0.4 is 5.32 Å². The molecule has 0 saturated carbocycles. The highest BCUT2D eigenvalue weighted by molar-refractivity contribution is 5.57. The Morgan fingerprint density at radius 2 is 2.20 bits per heavy atom. The van der Waals surface area contributed by atoms with E-state index in [-0.39, 0.29) is 0 Å². The Morgan fingerprint density at radius 1 is 1.33 bits per heavy atom. The van der Waals surface area contributed by atoms with Gasteiger partial charge in [0.1, 0.15) is 0 Å². The molecule has 0 saturated heterocycles. The van der Waals surface area contributed by atoms with Crippen molar-refractivity contribution in [1.82, 2.24) is 25.3 Å². The molecular weight excluding hydrogens is 190 g/mol. The predicted molar refractivity (Wildman–Crippen MR) is 57.0 cm³/mol. The third kappa shape index (κ3) is 2.02. The fourth-order valence-corrected chi connectivity index (χ4v) is 1.48. The van der Waals surface area contributed by atoms with Crippen LogP contribution in [-0.4, -0.2) is 27.0 Å². The second-order valence-corrected chi connectivity index (χ2v) is 3.36. The van der Waals surface area contributed by atoms with Crippen LogP contribution in [0, 0.1) is 0 Å². The highest BCUT2D eigenvalue weighted by Crippen LogP contribution is 2.16. The van der Waals surface area contributed by atoms with Crippen molar-refractivity contribution in [2.24, 2.45) is 7.05 Å². The Hall–Kier alpha value is -1.75. The van der Waals surface area contributed by atoms with Crippen molar-refractivity contribution in [3.05, 3.63) is 30.2 Å². The molecule has 2 aromatic rings. The van der Waals surface area contributed by atoms with E-state index in [0.29, 0.717) is 0 Å². The molecule has 78 valence electrons. The molecule has 0 bridgehead atoms. The number of pyridine rings is 1. The average Bonchev–Trinajstić information content (AvgIpc) is 2.65. The summed E-state index contributed by atoms with van der Waals surface area (Å²) in [6.45, 7) is 0.812. The van der Waals surface area contributed by atoms with Gasteiger partial charge < -0.3 is 5.32 Å². The quantitative estimate of drug-likeness (QED) is 0.793. The van der Waals surface area contributed by atoms with Gasteiger partial charge in [-0.1, -0.05) is 5.21 Å². The maximum atomic E-state index is 4.19. The van der Waals surface area contributed by atoms with Gasteiger partial charge in [0, 0.05) is 31.5 Å². The normalized spacial score (nSPS) is 10.5. The average molecular weight is 203 g/mol. The van der Waals surface area contributed by atoms with Gasteiger partial charge in [0.15, 0.2) is 0 Å². The first-order chi connectivity index (χ1) is 7.31. The summed E-state index contributed by atoms with van der Waals surface area (Å²) in [5.74, 6) is 0. The lowest BCUT2D eigenvalue weighted by Gasteiger charge is -2.03. The van der Waals surface area contributed by atoms with Crippen molar-refractivity contribution in [2.75, 3.05) is 7.05 Å². The van der Waals surface area contributed by atoms with Crippen LogP contribution in [0.25, 0.3) is 11.3 Å². The Bertz CT molecular complexity index is 449. The lowest BCUT2D eigenvalue weighted by molar-refractivity contribution is 0.720. The zero-order valence-corrected chi connectivity index (χ0v) is 8.81. The van der Waals surface area contributed by atoms with Gasteiger partial charge in [-0.15, -0.1) is 5.10 Å². The molecule has 2 heterocycles. The first kappa shape index (κ1) is 9.79. The second kappa shape index (κ2) is 4.18. The number of hydrogen-bond donors (Lipinski definition) is 1. The van der Waals surface area contributed by atoms with Crippen LogP contribution in [0.3, 0.4) is 0 Å². The number of aromatic nitrogens is 4. The second-order valence-electron chi connectivity index (χ2n) is 3.36. The molecule has 15 heavy (non-hydrogen) atoms. The molecule has 0 aromatic carbocycles. The lowest BCUT2D eigenvalue weighted by Crippen LogP contribution is -2.05. The third-order valence-electron chi connectivity index (χ3n) is 2.19. The Balaban J connectivity index is 2.37. The molecule has 0 aliphatic rings. The molecule has 5 nitrogen and oxygen atoms in total. The van der Waals surface area contributed by atoms with Crippen LogP contribution in [0.5, 0.6) is 0 Å². The van der Waals surface area contributed by atoms with Crippen molar-refractivity contribution in [2.45, 2.75) is 6.54 Å². The summed E-state index contributed by atoms with van der Waals surface area (Å²) in [6.07, 6.45) is 5.40. The summed E-state index contributed by atoms with van der Waals surface area (Å²) in [7, 11) is 3.78. The molecular formula is C10H13N5. The summed E-state index contributed by atoms with van der Waals surface area (Å²) < 4.78 is 1.74. The van der Waals surface area contributed by atoms with E-state index < -0.39 is 0 Å². The standard InChI is InChI=1S/C10H13N5/c1-11-4-8-3-9(6-12-5-8)10-7-13-14-15(10)2/h3,5-7,11H,4H2,1-2H3. The van der Waals surface area contributed by atoms with Gasteiger partial charge in [-0.2, -0.15) is 0 Å². The van der Waals surface area contributed by atoms with Gasteiger partial charge in [0.2, 0.25) is 0 Å². The van der Waals surface area contributed by atoms with E-state index in [0.717, 1.165) is 23.4 Å². The van der Waals surface area contributed by atoms with Gasteiger partial charge in [0.05, 0.1) is 11.9 Å².